The Balaban J connectivity index is -0.000000500. The molecule has 76 valence electrons. The van der Waals surface area contributed by atoms with Crippen LogP contribution in [0, 0.1) is 6.92 Å². The van der Waals surface area contributed by atoms with Crippen LogP contribution in [0.1, 0.15) is 25.7 Å². The van der Waals surface area contributed by atoms with Crippen LogP contribution in [0.25, 0.3) is 0 Å². The predicted molar refractivity (Wildman–Crippen MR) is 58.9 cm³/mol. The molecule has 0 aromatic carbocycles. The zero-order chi connectivity index (χ0) is 8.74. The average Bonchev–Trinajstić information content (AvgIpc) is 1.85. The molecule has 0 bridgehead atoms. The summed E-state index contributed by atoms with van der Waals surface area (Å²) in [5.74, 6) is 0. The molecule has 4 heteroatoms. The first-order chi connectivity index (χ1) is 5.06. The summed E-state index contributed by atoms with van der Waals surface area (Å²) in [5.41, 5.74) is 0. The average molecular weight is 278 g/mol. The first kappa shape index (κ1) is 19.9. The molecule has 0 aromatic heterocycles. The van der Waals surface area contributed by atoms with Gasteiger partial charge < -0.3 is 28.3 Å². The van der Waals surface area contributed by atoms with Crippen LogP contribution in [0.4, 0.5) is 0 Å². The van der Waals surface area contributed by atoms with E-state index in [0.717, 1.165) is 13.0 Å². The fourth-order valence-electron chi connectivity index (χ4n) is 0.834. The molecule has 0 rings (SSSR count). The summed E-state index contributed by atoms with van der Waals surface area (Å²) in [4.78, 5) is 0. The van der Waals surface area contributed by atoms with Crippen molar-refractivity contribution in [3.8, 4) is 0 Å². The van der Waals surface area contributed by atoms with E-state index < -0.39 is 8.32 Å². The maximum atomic E-state index is 5.69. The van der Waals surface area contributed by atoms with Gasteiger partial charge in [0.15, 0.2) is 8.32 Å². The summed E-state index contributed by atoms with van der Waals surface area (Å²) in [7, 11) is -1.23. The topological polar surface area (TPSA) is 9.23 Å². The van der Waals surface area contributed by atoms with Gasteiger partial charge in [-0.3, -0.25) is 0 Å². The molecule has 0 amide bonds. The molecule has 0 aromatic rings. The SMILES string of the molecule is [Br-].[CH2-]CCCCCO[Si](C)(C)C.[Mg+2]. The van der Waals surface area contributed by atoms with Gasteiger partial charge in [0.25, 0.3) is 0 Å². The maximum absolute atomic E-state index is 5.69. The second-order valence-electron chi connectivity index (χ2n) is 3.88. The molecule has 0 heterocycles. The zero-order valence-corrected chi connectivity index (χ0v) is 13.2. The largest absolute Gasteiger partial charge is 2.00 e. The van der Waals surface area contributed by atoms with Crippen LogP contribution in [-0.4, -0.2) is 38.0 Å². The summed E-state index contributed by atoms with van der Waals surface area (Å²) >= 11 is 0. The van der Waals surface area contributed by atoms with Gasteiger partial charge in [-0.2, -0.15) is 6.42 Å². The molecule has 0 aliphatic heterocycles. The van der Waals surface area contributed by atoms with Gasteiger partial charge in [0.1, 0.15) is 0 Å². The summed E-state index contributed by atoms with van der Waals surface area (Å²) < 4.78 is 5.69. The normalized spacial score (nSPS) is 10.2. The minimum Gasteiger partial charge on any atom is -1.00 e. The first-order valence-electron chi connectivity index (χ1n) is 4.49. The number of unbranched alkanes of at least 4 members (excludes halogenated alkanes) is 3. The van der Waals surface area contributed by atoms with Gasteiger partial charge in [-0.1, -0.05) is 12.8 Å². The van der Waals surface area contributed by atoms with E-state index in [1.54, 1.807) is 0 Å². The number of hydrogen-bond acceptors (Lipinski definition) is 1. The van der Waals surface area contributed by atoms with Crippen molar-refractivity contribution >= 4 is 31.4 Å². The Bertz CT molecular complexity index is 96.1. The van der Waals surface area contributed by atoms with Gasteiger partial charge in [-0.15, -0.1) is 0 Å². The molecule has 0 saturated heterocycles. The van der Waals surface area contributed by atoms with Gasteiger partial charge in [0, 0.05) is 6.61 Å². The van der Waals surface area contributed by atoms with E-state index in [2.05, 4.69) is 26.6 Å². The van der Waals surface area contributed by atoms with E-state index >= 15 is 0 Å². The van der Waals surface area contributed by atoms with Crippen LogP contribution >= 0.6 is 0 Å². The van der Waals surface area contributed by atoms with Crippen LogP contribution in [0.5, 0.6) is 0 Å². The Morgan fingerprint density at radius 3 is 2.00 bits per heavy atom. The van der Waals surface area contributed by atoms with Crippen molar-refractivity contribution in [3.05, 3.63) is 6.92 Å². The predicted octanol–water partition coefficient (Wildman–Crippen LogP) is -0.144. The van der Waals surface area contributed by atoms with E-state index in [-0.39, 0.29) is 40.0 Å². The van der Waals surface area contributed by atoms with E-state index in [4.69, 9.17) is 4.43 Å². The third kappa shape index (κ3) is 19.7. The second kappa shape index (κ2) is 11.5. The molecule has 0 unspecified atom stereocenters. The van der Waals surface area contributed by atoms with Gasteiger partial charge >= 0.3 is 23.1 Å². The van der Waals surface area contributed by atoms with Gasteiger partial charge in [-0.05, 0) is 26.1 Å². The van der Waals surface area contributed by atoms with Crippen LogP contribution in [0.3, 0.4) is 0 Å². The van der Waals surface area contributed by atoms with E-state index in [1.807, 2.05) is 0 Å². The van der Waals surface area contributed by atoms with Crippen molar-refractivity contribution in [2.24, 2.45) is 0 Å². The van der Waals surface area contributed by atoms with E-state index in [1.165, 1.54) is 19.3 Å². The molecular weight excluding hydrogens is 256 g/mol. The second-order valence-corrected chi connectivity index (χ2v) is 8.39. The van der Waals surface area contributed by atoms with Crippen molar-refractivity contribution in [1.29, 1.82) is 0 Å². The molecule has 1 nitrogen and oxygen atoms in total. The third-order valence-electron chi connectivity index (χ3n) is 1.43. The molecular formula is C9H21BrMgOSi. The number of halogens is 1. The number of rotatable bonds is 6. The van der Waals surface area contributed by atoms with E-state index in [9.17, 15) is 0 Å². The Morgan fingerprint density at radius 1 is 1.08 bits per heavy atom. The van der Waals surface area contributed by atoms with Crippen molar-refractivity contribution in [3.63, 3.8) is 0 Å². The van der Waals surface area contributed by atoms with Crippen molar-refractivity contribution in [2.75, 3.05) is 6.61 Å². The Hall–Kier alpha value is 1.42. The molecule has 0 N–H and O–H groups in total. The fourth-order valence-corrected chi connectivity index (χ4v) is 1.59. The Kier molecular flexibility index (Phi) is 17.6. The van der Waals surface area contributed by atoms with Crippen LogP contribution in [-0.2, 0) is 4.43 Å². The molecule has 0 radical (unpaired) electrons. The summed E-state index contributed by atoms with van der Waals surface area (Å²) in [6, 6.07) is 0. The molecule has 0 saturated carbocycles. The fraction of sp³-hybridized carbons (Fsp3) is 0.889. The smallest absolute Gasteiger partial charge is 1.00 e. The molecule has 0 aliphatic carbocycles. The third-order valence-corrected chi connectivity index (χ3v) is 2.50. The van der Waals surface area contributed by atoms with Gasteiger partial charge in [-0.25, -0.2) is 0 Å². The maximum Gasteiger partial charge on any atom is 2.00 e. The van der Waals surface area contributed by atoms with Gasteiger partial charge in [0.05, 0.1) is 0 Å². The summed E-state index contributed by atoms with van der Waals surface area (Å²) in [6.45, 7) is 11.4. The van der Waals surface area contributed by atoms with Crippen molar-refractivity contribution in [1.82, 2.24) is 0 Å². The van der Waals surface area contributed by atoms with Crippen molar-refractivity contribution < 1.29 is 21.4 Å². The Labute approximate surface area is 111 Å². The van der Waals surface area contributed by atoms with Crippen molar-refractivity contribution in [2.45, 2.75) is 45.3 Å². The summed E-state index contributed by atoms with van der Waals surface area (Å²) in [5, 5.41) is 0. The summed E-state index contributed by atoms with van der Waals surface area (Å²) in [6.07, 6.45) is 4.79. The van der Waals surface area contributed by atoms with Crippen LogP contribution in [0.2, 0.25) is 19.6 Å². The zero-order valence-electron chi connectivity index (χ0n) is 9.24. The minimum atomic E-state index is -1.23. The van der Waals surface area contributed by atoms with E-state index in [0.29, 0.717) is 0 Å². The monoisotopic (exact) mass is 276 g/mol. The number of hydrogen-bond donors (Lipinski definition) is 0. The van der Waals surface area contributed by atoms with Gasteiger partial charge in [0.2, 0.25) is 0 Å². The molecule has 13 heavy (non-hydrogen) atoms. The molecule has 0 atom stereocenters. The minimum absolute atomic E-state index is 0. The Morgan fingerprint density at radius 2 is 1.62 bits per heavy atom. The molecule has 0 spiro atoms. The van der Waals surface area contributed by atoms with Crippen LogP contribution in [0.15, 0.2) is 0 Å². The van der Waals surface area contributed by atoms with Crippen LogP contribution < -0.4 is 17.0 Å². The molecule has 0 fully saturated rings. The first-order valence-corrected chi connectivity index (χ1v) is 7.90. The standard InChI is InChI=1S/C9H21OSi.BrH.Mg/c1-5-6-7-8-9-10-11(2,3)4;;/h1,5-9H2,2-4H3;1H;/q-1;;+2/p-1. The molecule has 0 aliphatic rings. The quantitative estimate of drug-likeness (QED) is 0.373.